The maximum atomic E-state index is 13.9. The van der Waals surface area contributed by atoms with Crippen LogP contribution in [-0.4, -0.2) is 46.2 Å². The Labute approximate surface area is 300 Å². The number of amides is 3. The molecule has 3 N–H and O–H groups in total. The first-order chi connectivity index (χ1) is 24.8. The second-order valence-electron chi connectivity index (χ2n) is 10.9. The average Bonchev–Trinajstić information content (AvgIpc) is 3.17. The largest absolute Gasteiger partial charge is 0.497 e. The highest BCUT2D eigenvalue weighted by Crippen LogP contribution is 2.39. The summed E-state index contributed by atoms with van der Waals surface area (Å²) in [7, 11) is 6.06. The quantitative estimate of drug-likeness (QED) is 0.0798. The van der Waals surface area contributed by atoms with Crippen molar-refractivity contribution >= 4 is 46.9 Å². The van der Waals surface area contributed by atoms with Gasteiger partial charge in [-0.25, -0.2) is 0 Å². The Morgan fingerprint density at radius 3 is 1.90 bits per heavy atom. The molecular weight excluding hydrogens is 667 g/mol. The summed E-state index contributed by atoms with van der Waals surface area (Å²) in [5.74, 6) is 0.565. The lowest BCUT2D eigenvalue weighted by Gasteiger charge is -2.18. The Balaban J connectivity index is 1.42. The van der Waals surface area contributed by atoms with Gasteiger partial charge in [-0.15, -0.1) is 11.8 Å². The van der Waals surface area contributed by atoms with Crippen LogP contribution < -0.4 is 34.9 Å². The van der Waals surface area contributed by atoms with Crippen LogP contribution in [-0.2, 0) is 9.59 Å². The van der Waals surface area contributed by atoms with Crippen molar-refractivity contribution in [3.8, 4) is 23.0 Å². The highest BCUT2D eigenvalue weighted by molar-refractivity contribution is 8.00. The van der Waals surface area contributed by atoms with Crippen molar-refractivity contribution in [2.75, 3.05) is 39.1 Å². The normalized spacial score (nSPS) is 11.5. The summed E-state index contributed by atoms with van der Waals surface area (Å²) in [5, 5.41) is 8.03. The van der Waals surface area contributed by atoms with Crippen molar-refractivity contribution in [3.63, 3.8) is 0 Å². The molecule has 0 fully saturated rings. The Morgan fingerprint density at radius 2 is 1.29 bits per heavy atom. The number of thioether (sulfide) groups is 1. The number of carbonyl (C=O) groups is 3. The van der Waals surface area contributed by atoms with Crippen LogP contribution in [0.2, 0.25) is 0 Å². The van der Waals surface area contributed by atoms with Crippen molar-refractivity contribution in [2.45, 2.75) is 10.1 Å². The van der Waals surface area contributed by atoms with Gasteiger partial charge in [0.25, 0.3) is 11.8 Å². The number of carbonyl (C=O) groups excluding carboxylic acids is 3. The van der Waals surface area contributed by atoms with E-state index in [0.717, 1.165) is 10.5 Å². The van der Waals surface area contributed by atoms with Crippen molar-refractivity contribution in [1.82, 2.24) is 5.32 Å². The van der Waals surface area contributed by atoms with E-state index in [9.17, 15) is 14.4 Å². The lowest BCUT2D eigenvalue weighted by molar-refractivity contribution is -0.116. The van der Waals surface area contributed by atoms with E-state index in [1.54, 1.807) is 92.0 Å². The van der Waals surface area contributed by atoms with E-state index in [-0.39, 0.29) is 11.6 Å². The first kappa shape index (κ1) is 36.1. The third-order valence-electron chi connectivity index (χ3n) is 7.57. The smallest absolute Gasteiger partial charge is 0.272 e. The number of benzene rings is 5. The minimum atomic E-state index is -0.611. The number of ether oxygens (including phenoxy) is 4. The van der Waals surface area contributed by atoms with Gasteiger partial charge in [-0.05, 0) is 83.9 Å². The molecule has 10 nitrogen and oxygen atoms in total. The van der Waals surface area contributed by atoms with E-state index < -0.39 is 17.1 Å². The van der Waals surface area contributed by atoms with Crippen LogP contribution in [0.25, 0.3) is 6.08 Å². The van der Waals surface area contributed by atoms with Gasteiger partial charge >= 0.3 is 0 Å². The molecule has 51 heavy (non-hydrogen) atoms. The summed E-state index contributed by atoms with van der Waals surface area (Å²) < 4.78 is 21.6. The molecule has 0 saturated heterocycles. The number of hydrogen-bond donors (Lipinski definition) is 3. The van der Waals surface area contributed by atoms with Gasteiger partial charge in [-0.2, -0.15) is 0 Å². The van der Waals surface area contributed by atoms with Gasteiger partial charge in [0.05, 0.1) is 28.4 Å². The van der Waals surface area contributed by atoms with Crippen LogP contribution in [0.15, 0.2) is 132 Å². The topological polar surface area (TPSA) is 124 Å². The minimum Gasteiger partial charge on any atom is -0.497 e. The molecule has 0 saturated carbocycles. The zero-order chi connectivity index (χ0) is 36.2. The van der Waals surface area contributed by atoms with Crippen LogP contribution >= 0.6 is 11.8 Å². The van der Waals surface area contributed by atoms with Crippen LogP contribution in [0, 0.1) is 0 Å². The molecular formula is C40H37N3O7S. The summed E-state index contributed by atoms with van der Waals surface area (Å²) in [6, 6.07) is 35.6. The fourth-order valence-electron chi connectivity index (χ4n) is 5.06. The Hall–Kier alpha value is -6.20. The van der Waals surface area contributed by atoms with Gasteiger partial charge in [0.1, 0.15) is 16.7 Å². The van der Waals surface area contributed by atoms with Crippen molar-refractivity contribution in [2.24, 2.45) is 0 Å². The number of anilines is 2. The summed E-state index contributed by atoms with van der Waals surface area (Å²) in [5.41, 5.74) is 2.75. The van der Waals surface area contributed by atoms with Crippen LogP contribution in [0.3, 0.4) is 0 Å². The maximum absolute atomic E-state index is 13.9. The third-order valence-corrected chi connectivity index (χ3v) is 8.82. The summed E-state index contributed by atoms with van der Waals surface area (Å²) in [6.45, 7) is 0. The molecule has 260 valence electrons. The van der Waals surface area contributed by atoms with E-state index >= 15 is 0 Å². The standard InChI is InChI=1S/C40H37N3O7S/c1-47-31-20-18-29(19-21-31)41-40(46)37(27-12-7-5-8-13-27)51-32-17-11-16-30(25-32)42-39(45)33(43-38(44)28-14-9-6-10-15-28)22-26-23-34(48-2)36(50-4)35(24-26)49-3/h5-25,37H,1-4H3,(H,41,46)(H,42,45)(H,43,44)/b33-22+. The molecule has 0 heterocycles. The molecule has 0 aromatic heterocycles. The first-order valence-electron chi connectivity index (χ1n) is 15.8. The second-order valence-corrected chi connectivity index (χ2v) is 12.1. The van der Waals surface area contributed by atoms with E-state index in [0.29, 0.717) is 45.5 Å². The second kappa shape index (κ2) is 17.5. The molecule has 11 heteroatoms. The van der Waals surface area contributed by atoms with Crippen molar-refractivity contribution in [3.05, 3.63) is 144 Å². The van der Waals surface area contributed by atoms with Crippen molar-refractivity contribution < 1.29 is 33.3 Å². The molecule has 0 aliphatic heterocycles. The zero-order valence-corrected chi connectivity index (χ0v) is 29.3. The van der Waals surface area contributed by atoms with Gasteiger partial charge in [0, 0.05) is 21.8 Å². The molecule has 5 aromatic carbocycles. The molecule has 0 aliphatic carbocycles. The SMILES string of the molecule is COc1ccc(NC(=O)C(Sc2cccc(NC(=O)/C(=C\c3cc(OC)c(OC)c(OC)c3)NC(=O)c3ccccc3)c2)c2ccccc2)cc1. The van der Waals surface area contributed by atoms with Gasteiger partial charge in [0.2, 0.25) is 11.7 Å². The van der Waals surface area contributed by atoms with Crippen molar-refractivity contribution in [1.29, 1.82) is 0 Å². The molecule has 5 aromatic rings. The van der Waals surface area contributed by atoms with Crippen LogP contribution in [0.4, 0.5) is 11.4 Å². The van der Waals surface area contributed by atoms with Gasteiger partial charge in [-0.3, -0.25) is 14.4 Å². The lowest BCUT2D eigenvalue weighted by atomic mass is 10.1. The van der Waals surface area contributed by atoms with E-state index in [1.165, 1.54) is 39.2 Å². The van der Waals surface area contributed by atoms with Crippen LogP contribution in [0.5, 0.6) is 23.0 Å². The number of rotatable bonds is 14. The number of methoxy groups -OCH3 is 4. The fraction of sp³-hybridized carbons (Fsp3) is 0.125. The fourth-order valence-corrected chi connectivity index (χ4v) is 6.14. The molecule has 0 aliphatic rings. The third kappa shape index (κ3) is 9.49. The van der Waals surface area contributed by atoms with E-state index in [4.69, 9.17) is 18.9 Å². The predicted octanol–water partition coefficient (Wildman–Crippen LogP) is 7.60. The van der Waals surface area contributed by atoms with Crippen LogP contribution in [0.1, 0.15) is 26.7 Å². The molecule has 5 rings (SSSR count). The maximum Gasteiger partial charge on any atom is 0.272 e. The van der Waals surface area contributed by atoms with Gasteiger partial charge < -0.3 is 34.9 Å². The van der Waals surface area contributed by atoms with E-state index in [2.05, 4.69) is 16.0 Å². The molecule has 0 bridgehead atoms. The molecule has 1 atom stereocenters. The molecule has 0 spiro atoms. The predicted molar refractivity (Wildman–Crippen MR) is 200 cm³/mol. The average molecular weight is 704 g/mol. The van der Waals surface area contributed by atoms with Gasteiger partial charge in [0.15, 0.2) is 11.5 Å². The minimum absolute atomic E-state index is 0.0304. The first-order valence-corrected chi connectivity index (χ1v) is 16.7. The summed E-state index contributed by atoms with van der Waals surface area (Å²) in [6.07, 6.45) is 1.52. The Bertz CT molecular complexity index is 1980. The summed E-state index contributed by atoms with van der Waals surface area (Å²) >= 11 is 1.34. The number of nitrogens with one attached hydrogen (secondary N) is 3. The monoisotopic (exact) mass is 703 g/mol. The van der Waals surface area contributed by atoms with Gasteiger partial charge in [-0.1, -0.05) is 54.6 Å². The zero-order valence-electron chi connectivity index (χ0n) is 28.5. The number of hydrogen-bond acceptors (Lipinski definition) is 8. The highest BCUT2D eigenvalue weighted by Gasteiger charge is 2.23. The molecule has 3 amide bonds. The Morgan fingerprint density at radius 1 is 0.647 bits per heavy atom. The lowest BCUT2D eigenvalue weighted by Crippen LogP contribution is -2.30. The molecule has 0 radical (unpaired) electrons. The summed E-state index contributed by atoms with van der Waals surface area (Å²) in [4.78, 5) is 41.5. The molecule has 1 unspecified atom stereocenters. The highest BCUT2D eigenvalue weighted by atomic mass is 32.2. The van der Waals surface area contributed by atoms with E-state index in [1.807, 2.05) is 36.4 Å². The Kier molecular flexibility index (Phi) is 12.4.